The van der Waals surface area contributed by atoms with Crippen molar-refractivity contribution >= 4 is 23.2 Å². The van der Waals surface area contributed by atoms with E-state index < -0.39 is 0 Å². The maximum absolute atomic E-state index is 12.7. The molecule has 1 N–H and O–H groups in total. The van der Waals surface area contributed by atoms with E-state index in [0.717, 1.165) is 49.6 Å². The number of likely N-dealkylation sites (tertiary alicyclic amines) is 1. The quantitative estimate of drug-likeness (QED) is 0.938. The summed E-state index contributed by atoms with van der Waals surface area (Å²) in [5.74, 6) is 0.760. The van der Waals surface area contributed by atoms with Gasteiger partial charge in [-0.2, -0.15) is 5.10 Å². The summed E-state index contributed by atoms with van der Waals surface area (Å²) in [5, 5.41) is 10.2. The molecule has 2 aromatic heterocycles. The summed E-state index contributed by atoms with van der Waals surface area (Å²) in [4.78, 5) is 19.0. The molecular formula is C15H21N5OS. The van der Waals surface area contributed by atoms with Crippen molar-refractivity contribution in [3.05, 3.63) is 28.8 Å². The summed E-state index contributed by atoms with van der Waals surface area (Å²) < 4.78 is 1.83. The summed E-state index contributed by atoms with van der Waals surface area (Å²) in [6.45, 7) is 3.67. The predicted octanol–water partition coefficient (Wildman–Crippen LogP) is 3.51. The van der Waals surface area contributed by atoms with E-state index >= 15 is 0 Å². The molecule has 7 heteroatoms. The lowest BCUT2D eigenvalue weighted by atomic mass is 10.0. The number of aryl methyl sites for hydroxylation is 1. The van der Waals surface area contributed by atoms with E-state index in [1.807, 2.05) is 21.0 Å². The van der Waals surface area contributed by atoms with Gasteiger partial charge in [0.2, 0.25) is 0 Å². The fraction of sp³-hybridized carbons (Fsp3) is 0.533. The van der Waals surface area contributed by atoms with E-state index in [1.54, 1.807) is 23.7 Å². The fourth-order valence-electron chi connectivity index (χ4n) is 2.84. The highest BCUT2D eigenvalue weighted by molar-refractivity contribution is 7.09. The third-order valence-corrected chi connectivity index (χ3v) is 4.76. The van der Waals surface area contributed by atoms with Gasteiger partial charge in [0.05, 0.1) is 12.2 Å². The fourth-order valence-corrected chi connectivity index (χ4v) is 3.63. The Bertz CT molecular complexity index is 609. The van der Waals surface area contributed by atoms with Gasteiger partial charge in [-0.3, -0.25) is 5.32 Å². The van der Waals surface area contributed by atoms with Crippen molar-refractivity contribution in [3.8, 4) is 0 Å². The highest BCUT2D eigenvalue weighted by Crippen LogP contribution is 2.32. The van der Waals surface area contributed by atoms with Crippen LogP contribution in [0, 0.1) is 0 Å². The molecule has 2 amide bonds. The molecule has 0 saturated carbocycles. The van der Waals surface area contributed by atoms with Crippen LogP contribution >= 0.6 is 11.3 Å². The van der Waals surface area contributed by atoms with Crippen LogP contribution in [0.25, 0.3) is 0 Å². The van der Waals surface area contributed by atoms with Crippen LogP contribution in [0.2, 0.25) is 0 Å². The molecule has 0 unspecified atom stereocenters. The van der Waals surface area contributed by atoms with Crippen molar-refractivity contribution in [2.24, 2.45) is 0 Å². The Balaban J connectivity index is 1.73. The van der Waals surface area contributed by atoms with Gasteiger partial charge in [0, 0.05) is 30.7 Å². The molecule has 0 bridgehead atoms. The van der Waals surface area contributed by atoms with Crippen LogP contribution in [0.15, 0.2) is 23.8 Å². The Morgan fingerprint density at radius 1 is 1.45 bits per heavy atom. The van der Waals surface area contributed by atoms with Gasteiger partial charge in [0.15, 0.2) is 0 Å². The minimum absolute atomic E-state index is 0.0576. The number of hydrogen-bond donors (Lipinski definition) is 1. The molecule has 118 valence electrons. The summed E-state index contributed by atoms with van der Waals surface area (Å²) in [5.41, 5.74) is 0. The van der Waals surface area contributed by atoms with Crippen molar-refractivity contribution in [2.45, 2.75) is 45.2 Å². The number of amides is 2. The number of anilines is 1. The number of thiazole rings is 1. The second-order valence-electron chi connectivity index (χ2n) is 5.45. The standard InChI is InChI=1S/C15H21N5OS/c1-2-9-20-13(6-7-17-20)18-15(21)19-10-4-3-5-12(19)14-16-8-11-22-14/h6-8,11-12H,2-5,9-10H2,1H3,(H,18,21)/t12-/m1/s1. The molecule has 1 aliphatic rings. The minimum Gasteiger partial charge on any atom is -0.315 e. The van der Waals surface area contributed by atoms with Gasteiger partial charge < -0.3 is 4.90 Å². The van der Waals surface area contributed by atoms with Crippen LogP contribution in [0.5, 0.6) is 0 Å². The first-order chi connectivity index (χ1) is 10.8. The Morgan fingerprint density at radius 3 is 3.14 bits per heavy atom. The maximum atomic E-state index is 12.7. The van der Waals surface area contributed by atoms with Crippen LogP contribution < -0.4 is 5.32 Å². The number of rotatable bonds is 4. The maximum Gasteiger partial charge on any atom is 0.323 e. The average molecular weight is 319 g/mol. The molecule has 0 aliphatic carbocycles. The molecule has 6 nitrogen and oxygen atoms in total. The van der Waals surface area contributed by atoms with Crippen molar-refractivity contribution in [1.82, 2.24) is 19.7 Å². The van der Waals surface area contributed by atoms with Gasteiger partial charge in [-0.25, -0.2) is 14.5 Å². The Hall–Kier alpha value is -1.89. The Morgan fingerprint density at radius 2 is 2.36 bits per heavy atom. The SMILES string of the molecule is CCCn1nccc1NC(=O)N1CCCC[C@@H]1c1nccs1. The zero-order valence-electron chi connectivity index (χ0n) is 12.7. The number of hydrogen-bond acceptors (Lipinski definition) is 4. The molecule has 0 aromatic carbocycles. The number of nitrogens with one attached hydrogen (secondary N) is 1. The van der Waals surface area contributed by atoms with Gasteiger partial charge in [-0.1, -0.05) is 6.92 Å². The zero-order chi connectivity index (χ0) is 15.4. The number of aromatic nitrogens is 3. The lowest BCUT2D eigenvalue weighted by molar-refractivity contribution is 0.163. The van der Waals surface area contributed by atoms with Crippen LogP contribution in [-0.4, -0.2) is 32.2 Å². The highest BCUT2D eigenvalue weighted by atomic mass is 32.1. The number of piperidine rings is 1. The first-order valence-electron chi connectivity index (χ1n) is 7.78. The van der Waals surface area contributed by atoms with E-state index in [2.05, 4.69) is 22.3 Å². The lowest BCUT2D eigenvalue weighted by Crippen LogP contribution is -2.41. The third-order valence-electron chi connectivity index (χ3n) is 3.89. The first kappa shape index (κ1) is 15.0. The molecule has 1 atom stereocenters. The summed E-state index contributed by atoms with van der Waals surface area (Å²) in [7, 11) is 0. The number of nitrogens with zero attached hydrogens (tertiary/aromatic N) is 4. The normalized spacial score (nSPS) is 18.4. The predicted molar refractivity (Wildman–Crippen MR) is 86.9 cm³/mol. The van der Waals surface area contributed by atoms with Crippen molar-refractivity contribution < 1.29 is 4.79 Å². The average Bonchev–Trinajstić information content (AvgIpc) is 3.20. The first-order valence-corrected chi connectivity index (χ1v) is 8.66. The van der Waals surface area contributed by atoms with Crippen LogP contribution in [-0.2, 0) is 6.54 Å². The molecule has 3 heterocycles. The van der Waals surface area contributed by atoms with E-state index in [-0.39, 0.29) is 12.1 Å². The molecular weight excluding hydrogens is 298 g/mol. The molecule has 1 fully saturated rings. The van der Waals surface area contributed by atoms with Crippen LogP contribution in [0.4, 0.5) is 10.6 Å². The third kappa shape index (κ3) is 3.14. The molecule has 1 saturated heterocycles. The molecule has 0 radical (unpaired) electrons. The second-order valence-corrected chi connectivity index (χ2v) is 6.37. The van der Waals surface area contributed by atoms with E-state index in [4.69, 9.17) is 0 Å². The zero-order valence-corrected chi connectivity index (χ0v) is 13.6. The van der Waals surface area contributed by atoms with E-state index in [1.165, 1.54) is 0 Å². The van der Waals surface area contributed by atoms with Crippen molar-refractivity contribution in [2.75, 3.05) is 11.9 Å². The van der Waals surface area contributed by atoms with E-state index in [0.29, 0.717) is 0 Å². The highest BCUT2D eigenvalue weighted by Gasteiger charge is 2.30. The van der Waals surface area contributed by atoms with Crippen molar-refractivity contribution in [3.63, 3.8) is 0 Å². The Labute approximate surface area is 134 Å². The minimum atomic E-state index is -0.0576. The van der Waals surface area contributed by atoms with Gasteiger partial charge in [-0.15, -0.1) is 11.3 Å². The molecule has 2 aromatic rings. The number of carbonyl (C=O) groups excluding carboxylic acids is 1. The lowest BCUT2D eigenvalue weighted by Gasteiger charge is -2.34. The molecule has 0 spiro atoms. The van der Waals surface area contributed by atoms with Crippen molar-refractivity contribution in [1.29, 1.82) is 0 Å². The Kier molecular flexibility index (Phi) is 4.72. The number of urea groups is 1. The summed E-state index contributed by atoms with van der Waals surface area (Å²) in [6.07, 6.45) is 7.68. The molecule has 22 heavy (non-hydrogen) atoms. The largest absolute Gasteiger partial charge is 0.323 e. The second kappa shape index (κ2) is 6.91. The summed E-state index contributed by atoms with van der Waals surface area (Å²) >= 11 is 1.62. The van der Waals surface area contributed by atoms with E-state index in [9.17, 15) is 4.79 Å². The summed E-state index contributed by atoms with van der Waals surface area (Å²) in [6, 6.07) is 1.88. The molecule has 3 rings (SSSR count). The van der Waals surface area contributed by atoms with Gasteiger partial charge in [0.25, 0.3) is 0 Å². The van der Waals surface area contributed by atoms with Gasteiger partial charge in [-0.05, 0) is 25.7 Å². The van der Waals surface area contributed by atoms with Crippen LogP contribution in [0.1, 0.15) is 43.7 Å². The monoisotopic (exact) mass is 319 g/mol. The molecule has 1 aliphatic heterocycles. The van der Waals surface area contributed by atoms with Gasteiger partial charge >= 0.3 is 6.03 Å². The smallest absolute Gasteiger partial charge is 0.315 e. The number of carbonyl (C=O) groups is 1. The van der Waals surface area contributed by atoms with Gasteiger partial charge in [0.1, 0.15) is 10.8 Å². The van der Waals surface area contributed by atoms with Crippen LogP contribution in [0.3, 0.4) is 0 Å². The topological polar surface area (TPSA) is 63.1 Å².